The predicted octanol–water partition coefficient (Wildman–Crippen LogP) is 8.70. The number of aromatic nitrogens is 2. The molecule has 0 unspecified atom stereocenters. The van der Waals surface area contributed by atoms with E-state index >= 15 is 0 Å². The summed E-state index contributed by atoms with van der Waals surface area (Å²) < 4.78 is 8.59. The van der Waals surface area contributed by atoms with Crippen molar-refractivity contribution in [1.29, 1.82) is 0 Å². The zero-order chi connectivity index (χ0) is 23.4. The molecule has 0 aliphatic rings. The summed E-state index contributed by atoms with van der Waals surface area (Å²) in [5.41, 5.74) is 7.63. The van der Waals surface area contributed by atoms with Gasteiger partial charge in [-0.1, -0.05) is 73.7 Å². The minimum atomic E-state index is 0.926. The molecule has 2 aromatic heterocycles. The summed E-state index contributed by atoms with van der Waals surface area (Å²) in [5, 5.41) is 4.65. The first-order chi connectivity index (χ1) is 17.3. The van der Waals surface area contributed by atoms with Gasteiger partial charge in [-0.25, -0.2) is 4.98 Å². The number of rotatable bonds is 4. The fraction of sp³-hybridized carbons (Fsp3) is 0.0938. The molecule has 0 aliphatic heterocycles. The summed E-state index contributed by atoms with van der Waals surface area (Å²) in [5.74, 6) is 1.11. The molecule has 2 heterocycles. The van der Waals surface area contributed by atoms with Gasteiger partial charge in [0.05, 0.1) is 11.0 Å². The lowest BCUT2D eigenvalue weighted by molar-refractivity contribution is 0.672. The molecule has 35 heavy (non-hydrogen) atoms. The highest BCUT2D eigenvalue weighted by Crippen LogP contribution is 2.39. The quantitative estimate of drug-likeness (QED) is 0.267. The summed E-state index contributed by atoms with van der Waals surface area (Å²) in [4.78, 5) is 4.91. The van der Waals surface area contributed by atoms with Crippen LogP contribution in [0.5, 0.6) is 0 Å². The van der Waals surface area contributed by atoms with Gasteiger partial charge < -0.3 is 4.42 Å². The second-order valence-corrected chi connectivity index (χ2v) is 9.09. The molecule has 7 rings (SSSR count). The van der Waals surface area contributed by atoms with Gasteiger partial charge >= 0.3 is 0 Å². The highest BCUT2D eigenvalue weighted by atomic mass is 16.3. The second kappa shape index (κ2) is 7.85. The number of benzene rings is 5. The average Bonchev–Trinajstić information content (AvgIpc) is 3.47. The number of fused-ring (bicyclic) bond motifs is 6. The van der Waals surface area contributed by atoms with E-state index < -0.39 is 0 Å². The lowest BCUT2D eigenvalue weighted by Crippen LogP contribution is -2.01. The number of imidazole rings is 1. The number of hydrogen-bond acceptors (Lipinski definition) is 2. The van der Waals surface area contributed by atoms with Gasteiger partial charge in [-0.3, -0.25) is 4.57 Å². The van der Waals surface area contributed by atoms with Crippen LogP contribution in [0.15, 0.2) is 108 Å². The molecule has 0 atom stereocenters. The lowest BCUT2D eigenvalue weighted by atomic mass is 9.95. The van der Waals surface area contributed by atoms with E-state index in [9.17, 15) is 0 Å². The Morgan fingerprint density at radius 1 is 0.714 bits per heavy atom. The molecule has 0 N–H and O–H groups in total. The van der Waals surface area contributed by atoms with Crippen molar-refractivity contribution in [2.45, 2.75) is 19.8 Å². The van der Waals surface area contributed by atoms with Gasteiger partial charge in [0.25, 0.3) is 0 Å². The Labute approximate surface area is 203 Å². The van der Waals surface area contributed by atoms with Crippen LogP contribution in [0.25, 0.3) is 60.6 Å². The van der Waals surface area contributed by atoms with Crippen molar-refractivity contribution in [3.05, 3.63) is 109 Å². The molecule has 168 valence electrons. The standard InChI is InChI=1S/C32H24N2O/c1-2-9-31-33-28-13-6-7-14-29(28)34(31)22-18-16-21(17-19-22)26-20-27-24-11-5-8-15-30(24)35-32(27)25-12-4-3-10-23(25)26/h3-8,10-20H,2,9H2,1H3. The maximum Gasteiger partial charge on any atom is 0.143 e. The molecular formula is C32H24N2O. The Kier molecular flexibility index (Phi) is 4.49. The van der Waals surface area contributed by atoms with E-state index in [0.717, 1.165) is 62.7 Å². The first-order valence-electron chi connectivity index (χ1n) is 12.2. The minimum Gasteiger partial charge on any atom is -0.455 e. The zero-order valence-corrected chi connectivity index (χ0v) is 19.5. The molecule has 0 saturated heterocycles. The number of para-hydroxylation sites is 3. The van der Waals surface area contributed by atoms with E-state index in [1.54, 1.807) is 0 Å². The van der Waals surface area contributed by atoms with Crippen LogP contribution in [0.4, 0.5) is 0 Å². The average molecular weight is 453 g/mol. The van der Waals surface area contributed by atoms with Gasteiger partial charge in [0, 0.05) is 28.3 Å². The van der Waals surface area contributed by atoms with Crippen molar-refractivity contribution < 1.29 is 4.42 Å². The van der Waals surface area contributed by atoms with Crippen molar-refractivity contribution in [3.63, 3.8) is 0 Å². The topological polar surface area (TPSA) is 31.0 Å². The van der Waals surface area contributed by atoms with Crippen molar-refractivity contribution in [1.82, 2.24) is 9.55 Å². The Morgan fingerprint density at radius 2 is 1.43 bits per heavy atom. The number of aryl methyl sites for hydroxylation is 1. The molecule has 3 heteroatoms. The third kappa shape index (κ3) is 3.08. The molecule has 7 aromatic rings. The maximum absolute atomic E-state index is 6.29. The third-order valence-corrected chi connectivity index (χ3v) is 6.92. The molecule has 0 saturated carbocycles. The smallest absolute Gasteiger partial charge is 0.143 e. The predicted molar refractivity (Wildman–Crippen MR) is 145 cm³/mol. The Balaban J connectivity index is 1.43. The van der Waals surface area contributed by atoms with E-state index in [1.807, 2.05) is 12.1 Å². The van der Waals surface area contributed by atoms with Gasteiger partial charge in [-0.15, -0.1) is 0 Å². The van der Waals surface area contributed by atoms with Crippen LogP contribution in [0.1, 0.15) is 19.2 Å². The first kappa shape index (κ1) is 20.0. The van der Waals surface area contributed by atoms with Crippen LogP contribution in [0.3, 0.4) is 0 Å². The van der Waals surface area contributed by atoms with Gasteiger partial charge in [-0.2, -0.15) is 0 Å². The normalized spacial score (nSPS) is 11.8. The second-order valence-electron chi connectivity index (χ2n) is 9.09. The first-order valence-corrected chi connectivity index (χ1v) is 12.2. The van der Waals surface area contributed by atoms with Crippen LogP contribution >= 0.6 is 0 Å². The Morgan fingerprint density at radius 3 is 2.26 bits per heavy atom. The minimum absolute atomic E-state index is 0.926. The van der Waals surface area contributed by atoms with Crippen LogP contribution in [-0.4, -0.2) is 9.55 Å². The molecular weight excluding hydrogens is 428 g/mol. The molecule has 0 fully saturated rings. The summed E-state index contributed by atoms with van der Waals surface area (Å²) in [6.07, 6.45) is 2.01. The Bertz CT molecular complexity index is 1850. The lowest BCUT2D eigenvalue weighted by Gasteiger charge is -2.12. The number of furan rings is 1. The fourth-order valence-corrected chi connectivity index (χ4v) is 5.33. The van der Waals surface area contributed by atoms with Crippen molar-refractivity contribution in [3.8, 4) is 16.8 Å². The van der Waals surface area contributed by atoms with E-state index in [-0.39, 0.29) is 0 Å². The molecule has 0 amide bonds. The van der Waals surface area contributed by atoms with Crippen LogP contribution in [0.2, 0.25) is 0 Å². The van der Waals surface area contributed by atoms with Gasteiger partial charge in [0.15, 0.2) is 0 Å². The van der Waals surface area contributed by atoms with Crippen molar-refractivity contribution in [2.24, 2.45) is 0 Å². The summed E-state index contributed by atoms with van der Waals surface area (Å²) in [6.45, 7) is 2.20. The van der Waals surface area contributed by atoms with Gasteiger partial charge in [0.1, 0.15) is 17.0 Å². The highest BCUT2D eigenvalue weighted by molar-refractivity contribution is 6.19. The Hall–Kier alpha value is -4.37. The van der Waals surface area contributed by atoms with E-state index in [4.69, 9.17) is 9.40 Å². The van der Waals surface area contributed by atoms with Gasteiger partial charge in [-0.05, 0) is 59.3 Å². The maximum atomic E-state index is 6.29. The number of hydrogen-bond donors (Lipinski definition) is 0. The zero-order valence-electron chi connectivity index (χ0n) is 19.5. The van der Waals surface area contributed by atoms with Crippen LogP contribution < -0.4 is 0 Å². The highest BCUT2D eigenvalue weighted by Gasteiger charge is 2.15. The monoisotopic (exact) mass is 452 g/mol. The summed E-state index contributed by atoms with van der Waals surface area (Å²) >= 11 is 0. The van der Waals surface area contributed by atoms with Crippen LogP contribution in [0, 0.1) is 0 Å². The molecule has 3 nitrogen and oxygen atoms in total. The molecule has 0 aliphatic carbocycles. The molecule has 0 bridgehead atoms. The molecule has 0 spiro atoms. The van der Waals surface area contributed by atoms with Crippen molar-refractivity contribution >= 4 is 43.7 Å². The van der Waals surface area contributed by atoms with Crippen LogP contribution in [-0.2, 0) is 6.42 Å². The number of nitrogens with zero attached hydrogens (tertiary/aromatic N) is 2. The molecule has 0 radical (unpaired) electrons. The van der Waals surface area contributed by atoms with E-state index in [0.29, 0.717) is 0 Å². The SMILES string of the molecule is CCCc1nc2ccccc2n1-c1ccc(-c2cc3c4ccccc4oc3c3ccccc23)cc1. The summed E-state index contributed by atoms with van der Waals surface area (Å²) in [7, 11) is 0. The fourth-order valence-electron chi connectivity index (χ4n) is 5.33. The van der Waals surface area contributed by atoms with Gasteiger partial charge in [0.2, 0.25) is 0 Å². The van der Waals surface area contributed by atoms with E-state index in [1.165, 1.54) is 16.5 Å². The van der Waals surface area contributed by atoms with Crippen molar-refractivity contribution in [2.75, 3.05) is 0 Å². The van der Waals surface area contributed by atoms with E-state index in [2.05, 4.69) is 102 Å². The molecule has 5 aromatic carbocycles. The largest absolute Gasteiger partial charge is 0.455 e. The summed E-state index contributed by atoms with van der Waals surface area (Å²) in [6, 6.07) is 36.4. The third-order valence-electron chi connectivity index (χ3n) is 6.92.